The van der Waals surface area contributed by atoms with E-state index in [1.807, 2.05) is 13.8 Å². The van der Waals surface area contributed by atoms with Crippen LogP contribution < -0.4 is 11.5 Å². The molecule has 6 heteroatoms. The van der Waals surface area contributed by atoms with Crippen LogP contribution >= 0.6 is 0 Å². The molecule has 0 spiro atoms. The first kappa shape index (κ1) is 14.9. The number of hydrogen-bond acceptors (Lipinski definition) is 4. The van der Waals surface area contributed by atoms with Gasteiger partial charge in [0.2, 0.25) is 5.91 Å². The molecule has 0 atom stereocenters. The van der Waals surface area contributed by atoms with Crippen LogP contribution in [0.3, 0.4) is 0 Å². The number of imide groups is 1. The maximum atomic E-state index is 12.2. The van der Waals surface area contributed by atoms with E-state index in [0.717, 1.165) is 6.42 Å². The summed E-state index contributed by atoms with van der Waals surface area (Å²) < 4.78 is 0. The van der Waals surface area contributed by atoms with Crippen molar-refractivity contribution in [2.75, 3.05) is 32.7 Å². The van der Waals surface area contributed by atoms with E-state index in [9.17, 15) is 9.59 Å². The van der Waals surface area contributed by atoms with E-state index < -0.39 is 5.41 Å². The van der Waals surface area contributed by atoms with E-state index >= 15 is 0 Å². The first-order valence-electron chi connectivity index (χ1n) is 6.45. The molecule has 18 heavy (non-hydrogen) atoms. The zero-order valence-electron chi connectivity index (χ0n) is 11.3. The number of rotatable bonds is 6. The lowest BCUT2D eigenvalue weighted by Crippen LogP contribution is -2.60. The summed E-state index contributed by atoms with van der Waals surface area (Å²) in [5.41, 5.74) is 10.4. The molecule has 0 saturated carbocycles. The van der Waals surface area contributed by atoms with E-state index in [4.69, 9.17) is 11.5 Å². The number of hydrogen-bond donors (Lipinski definition) is 2. The SMILES string of the molecule is CC1(C)CN(CCCN)C(=O)N(CCCN)C1=O. The third kappa shape index (κ3) is 3.20. The molecule has 0 bridgehead atoms. The van der Waals surface area contributed by atoms with Crippen LogP contribution in [0.5, 0.6) is 0 Å². The summed E-state index contributed by atoms with van der Waals surface area (Å²) in [6.45, 7) is 6.21. The number of nitrogens with two attached hydrogens (primary N) is 2. The Morgan fingerprint density at radius 1 is 1.11 bits per heavy atom. The van der Waals surface area contributed by atoms with Gasteiger partial charge in [-0.15, -0.1) is 0 Å². The van der Waals surface area contributed by atoms with Gasteiger partial charge in [0, 0.05) is 19.6 Å². The average molecular weight is 256 g/mol. The fourth-order valence-corrected chi connectivity index (χ4v) is 2.14. The highest BCUT2D eigenvalue weighted by atomic mass is 16.2. The monoisotopic (exact) mass is 256 g/mol. The van der Waals surface area contributed by atoms with E-state index in [1.165, 1.54) is 4.90 Å². The summed E-state index contributed by atoms with van der Waals surface area (Å²) in [7, 11) is 0. The Kier molecular flexibility index (Phi) is 5.10. The van der Waals surface area contributed by atoms with Crippen LogP contribution in [0.4, 0.5) is 4.79 Å². The normalized spacial score (nSPS) is 19.6. The minimum absolute atomic E-state index is 0.107. The Morgan fingerprint density at radius 3 is 2.22 bits per heavy atom. The molecule has 3 amide bonds. The van der Waals surface area contributed by atoms with Gasteiger partial charge in [0.1, 0.15) is 0 Å². The summed E-state index contributed by atoms with van der Waals surface area (Å²) in [4.78, 5) is 27.4. The number of carbonyl (C=O) groups excluding carboxylic acids is 2. The first-order chi connectivity index (χ1) is 8.44. The molecule has 4 N–H and O–H groups in total. The average Bonchev–Trinajstić information content (AvgIpc) is 2.32. The second-order valence-electron chi connectivity index (χ2n) is 5.33. The van der Waals surface area contributed by atoms with Gasteiger partial charge in [0.15, 0.2) is 0 Å². The summed E-state index contributed by atoms with van der Waals surface area (Å²) in [5, 5.41) is 0. The van der Waals surface area contributed by atoms with Crippen molar-refractivity contribution in [1.82, 2.24) is 9.80 Å². The van der Waals surface area contributed by atoms with E-state index in [-0.39, 0.29) is 11.9 Å². The van der Waals surface area contributed by atoms with Gasteiger partial charge in [-0.25, -0.2) is 4.79 Å². The minimum Gasteiger partial charge on any atom is -0.330 e. The zero-order chi connectivity index (χ0) is 13.8. The largest absolute Gasteiger partial charge is 0.330 e. The van der Waals surface area contributed by atoms with E-state index in [2.05, 4.69) is 0 Å². The lowest BCUT2D eigenvalue weighted by atomic mass is 9.88. The van der Waals surface area contributed by atoms with Crippen molar-refractivity contribution < 1.29 is 9.59 Å². The lowest BCUT2D eigenvalue weighted by Gasteiger charge is -2.42. The molecule has 104 valence electrons. The summed E-state index contributed by atoms with van der Waals surface area (Å²) in [6, 6.07) is -0.207. The van der Waals surface area contributed by atoms with Crippen molar-refractivity contribution in [2.45, 2.75) is 26.7 Å². The molecular weight excluding hydrogens is 232 g/mol. The van der Waals surface area contributed by atoms with Gasteiger partial charge in [0.05, 0.1) is 5.41 Å². The summed E-state index contributed by atoms with van der Waals surface area (Å²) in [5.74, 6) is -0.107. The molecule has 0 aromatic rings. The molecule has 1 aliphatic heterocycles. The minimum atomic E-state index is -0.531. The second kappa shape index (κ2) is 6.15. The fraction of sp³-hybridized carbons (Fsp3) is 0.833. The van der Waals surface area contributed by atoms with Crippen molar-refractivity contribution >= 4 is 11.9 Å². The second-order valence-corrected chi connectivity index (χ2v) is 5.33. The van der Waals surface area contributed by atoms with Crippen molar-refractivity contribution in [1.29, 1.82) is 0 Å². The van der Waals surface area contributed by atoms with Gasteiger partial charge in [0.25, 0.3) is 0 Å². The number of amides is 3. The highest BCUT2D eigenvalue weighted by Crippen LogP contribution is 2.27. The fourth-order valence-electron chi connectivity index (χ4n) is 2.14. The Morgan fingerprint density at radius 2 is 1.67 bits per heavy atom. The van der Waals surface area contributed by atoms with Crippen molar-refractivity contribution in [3.63, 3.8) is 0 Å². The van der Waals surface area contributed by atoms with Gasteiger partial charge in [-0.05, 0) is 39.8 Å². The smallest absolute Gasteiger partial charge is 0.326 e. The molecule has 0 aromatic carbocycles. The molecule has 1 heterocycles. The topological polar surface area (TPSA) is 92.7 Å². The van der Waals surface area contributed by atoms with E-state index in [1.54, 1.807) is 4.90 Å². The zero-order valence-corrected chi connectivity index (χ0v) is 11.3. The number of nitrogens with zero attached hydrogens (tertiary/aromatic N) is 2. The third-order valence-corrected chi connectivity index (χ3v) is 3.13. The molecule has 1 fully saturated rings. The highest BCUT2D eigenvalue weighted by Gasteiger charge is 2.43. The summed E-state index contributed by atoms with van der Waals surface area (Å²) >= 11 is 0. The number of carbonyl (C=O) groups is 2. The summed E-state index contributed by atoms with van der Waals surface area (Å²) in [6.07, 6.45) is 1.39. The van der Waals surface area contributed by atoms with Crippen LogP contribution in [0.1, 0.15) is 26.7 Å². The Hall–Kier alpha value is -1.14. The third-order valence-electron chi connectivity index (χ3n) is 3.13. The molecule has 0 unspecified atom stereocenters. The van der Waals surface area contributed by atoms with Crippen LogP contribution in [0.25, 0.3) is 0 Å². The van der Waals surface area contributed by atoms with Crippen LogP contribution in [0.15, 0.2) is 0 Å². The molecule has 0 aliphatic carbocycles. The molecule has 0 radical (unpaired) electrons. The Bertz CT molecular complexity index is 317. The van der Waals surface area contributed by atoms with Gasteiger partial charge in [-0.1, -0.05) is 0 Å². The highest BCUT2D eigenvalue weighted by molar-refractivity contribution is 5.99. The first-order valence-corrected chi connectivity index (χ1v) is 6.45. The maximum Gasteiger partial charge on any atom is 0.326 e. The van der Waals surface area contributed by atoms with Crippen LogP contribution in [0.2, 0.25) is 0 Å². The van der Waals surface area contributed by atoms with Gasteiger partial charge in [-0.3, -0.25) is 9.69 Å². The predicted molar refractivity (Wildman–Crippen MR) is 69.8 cm³/mol. The van der Waals surface area contributed by atoms with Crippen LogP contribution in [-0.2, 0) is 4.79 Å². The standard InChI is InChI=1S/C12H24N4O2/c1-12(2)9-15(7-3-5-13)11(18)16(10(12)17)8-4-6-14/h3-9,13-14H2,1-2H3. The van der Waals surface area contributed by atoms with Gasteiger partial charge >= 0.3 is 6.03 Å². The van der Waals surface area contributed by atoms with Crippen molar-refractivity contribution in [2.24, 2.45) is 16.9 Å². The van der Waals surface area contributed by atoms with Crippen LogP contribution in [-0.4, -0.2) is 54.5 Å². The molecule has 6 nitrogen and oxygen atoms in total. The lowest BCUT2D eigenvalue weighted by molar-refractivity contribution is -0.141. The van der Waals surface area contributed by atoms with Crippen molar-refractivity contribution in [3.8, 4) is 0 Å². The quantitative estimate of drug-likeness (QED) is 0.698. The maximum absolute atomic E-state index is 12.2. The molecule has 1 rings (SSSR count). The van der Waals surface area contributed by atoms with Crippen LogP contribution in [0, 0.1) is 5.41 Å². The van der Waals surface area contributed by atoms with Gasteiger partial charge < -0.3 is 16.4 Å². The molecule has 1 aliphatic rings. The number of urea groups is 1. The van der Waals surface area contributed by atoms with Crippen molar-refractivity contribution in [3.05, 3.63) is 0 Å². The molecule has 0 aromatic heterocycles. The molecular formula is C12H24N4O2. The molecule has 1 saturated heterocycles. The Labute approximate surface area is 108 Å². The predicted octanol–water partition coefficient (Wildman–Crippen LogP) is -0.0256. The van der Waals surface area contributed by atoms with Gasteiger partial charge in [-0.2, -0.15) is 0 Å². The Balaban J connectivity index is 2.79. The van der Waals surface area contributed by atoms with E-state index in [0.29, 0.717) is 39.1 Å².